The first-order chi connectivity index (χ1) is 44.0. The summed E-state index contributed by atoms with van der Waals surface area (Å²) in [6.45, 7) is 18.8. The Morgan fingerprint density at radius 3 is 0.730 bits per heavy atom. The Morgan fingerprint density at radius 1 is 0.258 bits per heavy atom. The summed E-state index contributed by atoms with van der Waals surface area (Å²) < 4.78 is 36.4. The van der Waals surface area contributed by atoms with Crippen LogP contribution in [0.4, 0.5) is 0 Å². The molecular weight excluding hydrogens is 1100 g/mol. The van der Waals surface area contributed by atoms with Crippen molar-refractivity contribution in [3.63, 3.8) is 0 Å². The number of aromatic nitrogens is 4. The Labute approximate surface area is 548 Å². The highest BCUT2D eigenvalue weighted by molar-refractivity contribution is 5.65. The zero-order chi connectivity index (χ0) is 63.1. The van der Waals surface area contributed by atoms with Crippen LogP contribution in [0.25, 0.3) is 22.5 Å². The number of benzene rings is 2. The lowest BCUT2D eigenvalue weighted by atomic mass is 10.1. The molecule has 0 saturated heterocycles. The molecule has 4 rings (SSSR count). The fourth-order valence-electron chi connectivity index (χ4n) is 12.5. The van der Waals surface area contributed by atoms with Crippen LogP contribution in [0.3, 0.4) is 0 Å². The molecule has 89 heavy (non-hydrogen) atoms. The summed E-state index contributed by atoms with van der Waals surface area (Å²) in [6, 6.07) is 17.2. The number of hydrogen-bond donors (Lipinski definition) is 0. The lowest BCUT2D eigenvalue weighted by Gasteiger charge is -2.14. The van der Waals surface area contributed by atoms with Crippen LogP contribution >= 0.6 is 0 Å². The third kappa shape index (κ3) is 38.0. The molecule has 0 bridgehead atoms. The predicted octanol–water partition coefficient (Wildman–Crippen LogP) is 25.1. The van der Waals surface area contributed by atoms with E-state index in [-0.39, 0.29) is 0 Å². The lowest BCUT2D eigenvalue weighted by Crippen LogP contribution is -2.13. The minimum atomic E-state index is 0.565. The molecule has 2 aromatic carbocycles. The standard InChI is InChI=1S/C80H138N4O5/c1-7-11-15-19-23-27-31-35-39-43-47-51-61-86-77-57-55-73(69-79(77)88-63-53-49-45-41-37-33-29-25-21-17-13-9-3)75-67-71(5)83(81-75)59-65-85-66-60-84-72(6)68-76(82-84)74-56-58-78(87-62-52-48-44-40-36-32-28-24-20-16-12-8-2)80(70-74)89-64-54-50-46-42-38-34-30-26-22-18-14-10-4/h55-58,67-70H,7-54,59-66H2,1-6H3. The Bertz CT molecular complexity index is 2080. The van der Waals surface area contributed by atoms with Crippen molar-refractivity contribution in [2.75, 3.05) is 39.6 Å². The number of nitrogens with zero attached hydrogens (tertiary/aromatic N) is 4. The van der Waals surface area contributed by atoms with Crippen molar-refractivity contribution in [2.45, 2.75) is 363 Å². The van der Waals surface area contributed by atoms with E-state index in [4.69, 9.17) is 33.9 Å². The third-order valence-corrected chi connectivity index (χ3v) is 18.4. The fourth-order valence-corrected chi connectivity index (χ4v) is 12.5. The van der Waals surface area contributed by atoms with Gasteiger partial charge in [0.1, 0.15) is 0 Å². The number of ether oxygens (including phenoxy) is 5. The van der Waals surface area contributed by atoms with E-state index >= 15 is 0 Å². The van der Waals surface area contributed by atoms with Crippen molar-refractivity contribution in [3.05, 3.63) is 59.9 Å². The van der Waals surface area contributed by atoms with E-state index in [1.165, 1.54) is 283 Å². The Balaban J connectivity index is 1.25. The Kier molecular flexibility index (Phi) is 47.5. The highest BCUT2D eigenvalue weighted by atomic mass is 16.5. The second-order valence-electron chi connectivity index (χ2n) is 26.7. The monoisotopic (exact) mass is 1240 g/mol. The summed E-state index contributed by atoms with van der Waals surface area (Å²) in [5, 5.41) is 10.2. The van der Waals surface area contributed by atoms with Crippen molar-refractivity contribution in [3.8, 4) is 45.5 Å². The molecule has 2 aromatic heterocycles. The molecule has 4 aromatic rings. The van der Waals surface area contributed by atoms with Gasteiger partial charge in [0.05, 0.1) is 64.1 Å². The number of unbranched alkanes of at least 4 members (excludes halogenated alkanes) is 44. The van der Waals surface area contributed by atoms with Gasteiger partial charge in [-0.05, 0) is 88.1 Å². The van der Waals surface area contributed by atoms with Gasteiger partial charge in [-0.15, -0.1) is 0 Å². The van der Waals surface area contributed by atoms with Crippen LogP contribution in [0.15, 0.2) is 48.5 Å². The van der Waals surface area contributed by atoms with Gasteiger partial charge in [-0.25, -0.2) is 0 Å². The molecule has 0 amide bonds. The van der Waals surface area contributed by atoms with Crippen molar-refractivity contribution in [1.29, 1.82) is 0 Å². The first-order valence-corrected chi connectivity index (χ1v) is 38.4. The number of rotatable bonds is 64. The second-order valence-corrected chi connectivity index (χ2v) is 26.7. The molecule has 0 aliphatic carbocycles. The molecule has 9 heteroatoms. The minimum Gasteiger partial charge on any atom is -0.490 e. The van der Waals surface area contributed by atoms with Crippen LogP contribution in [0.5, 0.6) is 23.0 Å². The van der Waals surface area contributed by atoms with Gasteiger partial charge in [-0.2, -0.15) is 10.2 Å². The van der Waals surface area contributed by atoms with E-state index in [0.29, 0.717) is 39.5 Å². The summed E-state index contributed by atoms with van der Waals surface area (Å²) in [5.41, 5.74) is 6.22. The van der Waals surface area contributed by atoms with Crippen LogP contribution in [0.2, 0.25) is 0 Å². The molecule has 0 atom stereocenters. The molecule has 0 N–H and O–H groups in total. The SMILES string of the molecule is CCCCCCCCCCCCCCOc1ccc(-c2cc(C)n(CCOCCn3nc(-c4ccc(OCCCCCCCCCCCCCC)c(OCCCCCCCCCCCCCC)c4)cc3C)n2)cc1OCCCCCCCCCCCCCC. The van der Waals surface area contributed by atoms with Gasteiger partial charge < -0.3 is 23.7 Å². The molecule has 0 saturated carbocycles. The fraction of sp³-hybridized carbons (Fsp3) is 0.775. The first-order valence-electron chi connectivity index (χ1n) is 38.4. The highest BCUT2D eigenvalue weighted by Crippen LogP contribution is 2.35. The van der Waals surface area contributed by atoms with Gasteiger partial charge in [0.2, 0.25) is 0 Å². The van der Waals surface area contributed by atoms with Gasteiger partial charge in [0, 0.05) is 22.5 Å². The van der Waals surface area contributed by atoms with Gasteiger partial charge in [0.15, 0.2) is 23.0 Å². The zero-order valence-electron chi connectivity index (χ0n) is 59.0. The van der Waals surface area contributed by atoms with Crippen LogP contribution < -0.4 is 18.9 Å². The molecule has 0 fully saturated rings. The molecule has 0 spiro atoms. The van der Waals surface area contributed by atoms with Crippen LogP contribution in [0.1, 0.15) is 347 Å². The van der Waals surface area contributed by atoms with Crippen molar-refractivity contribution in [1.82, 2.24) is 19.6 Å². The topological polar surface area (TPSA) is 81.8 Å². The maximum Gasteiger partial charge on any atom is 0.161 e. The van der Waals surface area contributed by atoms with Gasteiger partial charge in [0.25, 0.3) is 0 Å². The summed E-state index contributed by atoms with van der Waals surface area (Å²) in [6.07, 6.45) is 64.0. The zero-order valence-corrected chi connectivity index (χ0v) is 59.0. The molecule has 0 unspecified atom stereocenters. The average Bonchev–Trinajstić information content (AvgIpc) is 3.10. The van der Waals surface area contributed by atoms with E-state index in [2.05, 4.69) is 99.4 Å². The summed E-state index contributed by atoms with van der Waals surface area (Å²) in [7, 11) is 0. The molecule has 0 aliphatic rings. The minimum absolute atomic E-state index is 0.565. The molecule has 0 radical (unpaired) electrons. The Hall–Kier alpha value is -3.98. The van der Waals surface area contributed by atoms with Crippen molar-refractivity contribution >= 4 is 0 Å². The maximum atomic E-state index is 6.55. The summed E-state index contributed by atoms with van der Waals surface area (Å²) in [5.74, 6) is 3.37. The van der Waals surface area contributed by atoms with Crippen molar-refractivity contribution in [2.24, 2.45) is 0 Å². The summed E-state index contributed by atoms with van der Waals surface area (Å²) >= 11 is 0. The van der Waals surface area contributed by atoms with Crippen molar-refractivity contribution < 1.29 is 23.7 Å². The van der Waals surface area contributed by atoms with E-state index in [0.717, 1.165) is 95.8 Å². The normalized spacial score (nSPS) is 11.6. The van der Waals surface area contributed by atoms with E-state index < -0.39 is 0 Å². The Morgan fingerprint density at radius 2 is 0.483 bits per heavy atom. The largest absolute Gasteiger partial charge is 0.490 e. The van der Waals surface area contributed by atoms with E-state index in [1.807, 2.05) is 0 Å². The molecule has 0 aliphatic heterocycles. The van der Waals surface area contributed by atoms with E-state index in [1.54, 1.807) is 0 Å². The van der Waals surface area contributed by atoms with Crippen LogP contribution in [-0.2, 0) is 17.8 Å². The van der Waals surface area contributed by atoms with E-state index in [9.17, 15) is 0 Å². The maximum absolute atomic E-state index is 6.55. The summed E-state index contributed by atoms with van der Waals surface area (Å²) in [4.78, 5) is 0. The molecule has 9 nitrogen and oxygen atoms in total. The number of hydrogen-bond acceptors (Lipinski definition) is 7. The second kappa shape index (κ2) is 54.6. The molecule has 2 heterocycles. The first kappa shape index (κ1) is 77.5. The highest BCUT2D eigenvalue weighted by Gasteiger charge is 2.15. The lowest BCUT2D eigenvalue weighted by molar-refractivity contribution is 0.113. The van der Waals surface area contributed by atoms with Gasteiger partial charge >= 0.3 is 0 Å². The smallest absolute Gasteiger partial charge is 0.161 e. The molecule has 508 valence electrons. The number of aryl methyl sites for hydroxylation is 2. The quantitative estimate of drug-likeness (QED) is 0.0407. The van der Waals surface area contributed by atoms with Gasteiger partial charge in [-0.1, -0.05) is 310 Å². The predicted molar refractivity (Wildman–Crippen MR) is 382 cm³/mol. The van der Waals surface area contributed by atoms with Crippen LogP contribution in [-0.4, -0.2) is 59.2 Å². The van der Waals surface area contributed by atoms with Crippen LogP contribution in [0, 0.1) is 13.8 Å². The third-order valence-electron chi connectivity index (χ3n) is 18.4. The average molecular weight is 1240 g/mol. The van der Waals surface area contributed by atoms with Gasteiger partial charge in [-0.3, -0.25) is 9.36 Å². The molecular formula is C80H138N4O5.